The number of hydrogen-bond acceptors (Lipinski definition) is 9. The van der Waals surface area contributed by atoms with Gasteiger partial charge in [-0.05, 0) is 18.4 Å². The molecule has 14 nitrogen and oxygen atoms in total. The van der Waals surface area contributed by atoms with Crippen LogP contribution in [0.25, 0.3) is 0 Å². The number of primary amides is 1. The van der Waals surface area contributed by atoms with Crippen LogP contribution >= 0.6 is 11.8 Å². The number of aliphatic hydroxyl groups is 1. The zero-order valence-electron chi connectivity index (χ0n) is 16.7. The third-order valence-electron chi connectivity index (χ3n) is 3.81. The van der Waals surface area contributed by atoms with Crippen LogP contribution in [0.3, 0.4) is 0 Å². The molecule has 15 heteroatoms. The molecule has 0 spiro atoms. The Morgan fingerprint density at radius 3 is 1.84 bits per heavy atom. The molecule has 4 atom stereocenters. The first-order valence-electron chi connectivity index (χ1n) is 8.92. The van der Waals surface area contributed by atoms with E-state index in [2.05, 4.69) is 10.6 Å². The lowest BCUT2D eigenvalue weighted by Gasteiger charge is -2.24. The van der Waals surface area contributed by atoms with Crippen molar-refractivity contribution in [3.63, 3.8) is 0 Å². The van der Waals surface area contributed by atoms with Gasteiger partial charge >= 0.3 is 11.9 Å². The van der Waals surface area contributed by atoms with Crippen molar-refractivity contribution in [1.82, 2.24) is 16.0 Å². The standard InChI is InChI=1S/C16H27N5O9S/c1-31-3-2-8(19-13(26)7(17)4-12(24)25)14(27)20-9(5-11(18)23)15(28)21-10(6-22)16(29)30/h7-10,22H,2-6,17H2,1H3,(H2,18,23)(H,19,26)(H,20,27)(H,21,28)(H,24,25)(H,29,30). The van der Waals surface area contributed by atoms with Gasteiger partial charge in [0.2, 0.25) is 23.6 Å². The quantitative estimate of drug-likeness (QED) is 0.115. The summed E-state index contributed by atoms with van der Waals surface area (Å²) in [6.45, 7) is -0.938. The fourth-order valence-electron chi connectivity index (χ4n) is 2.20. The first-order valence-corrected chi connectivity index (χ1v) is 10.3. The van der Waals surface area contributed by atoms with Crippen molar-refractivity contribution in [1.29, 1.82) is 0 Å². The molecule has 0 aromatic heterocycles. The SMILES string of the molecule is CSCCC(NC(=O)C(N)CC(=O)O)C(=O)NC(CC(N)=O)C(=O)NC(CO)C(=O)O. The van der Waals surface area contributed by atoms with Gasteiger partial charge in [0.25, 0.3) is 0 Å². The van der Waals surface area contributed by atoms with Crippen molar-refractivity contribution in [2.45, 2.75) is 43.4 Å². The second-order valence-electron chi connectivity index (χ2n) is 6.36. The molecule has 0 bridgehead atoms. The molecule has 0 aliphatic carbocycles. The van der Waals surface area contributed by atoms with Crippen LogP contribution in [-0.4, -0.2) is 93.7 Å². The second-order valence-corrected chi connectivity index (χ2v) is 7.35. The van der Waals surface area contributed by atoms with E-state index < -0.39 is 79.2 Å². The lowest BCUT2D eigenvalue weighted by atomic mass is 10.1. The van der Waals surface area contributed by atoms with E-state index in [0.29, 0.717) is 5.75 Å². The van der Waals surface area contributed by atoms with Gasteiger partial charge in [-0.3, -0.25) is 24.0 Å². The number of carboxylic acid groups (broad SMARTS) is 2. The molecule has 0 heterocycles. The lowest BCUT2D eigenvalue weighted by Crippen LogP contribution is -2.58. The number of amides is 4. The molecule has 10 N–H and O–H groups in total. The smallest absolute Gasteiger partial charge is 0.328 e. The number of carbonyl (C=O) groups excluding carboxylic acids is 4. The largest absolute Gasteiger partial charge is 0.481 e. The van der Waals surface area contributed by atoms with Crippen LogP contribution in [0.2, 0.25) is 0 Å². The van der Waals surface area contributed by atoms with Crippen LogP contribution in [0.5, 0.6) is 0 Å². The summed E-state index contributed by atoms with van der Waals surface area (Å²) in [4.78, 5) is 69.9. The zero-order chi connectivity index (χ0) is 24.1. The summed E-state index contributed by atoms with van der Waals surface area (Å²) in [5.41, 5.74) is 10.5. The lowest BCUT2D eigenvalue weighted by molar-refractivity contribution is -0.143. The van der Waals surface area contributed by atoms with E-state index in [4.69, 9.17) is 26.8 Å². The number of rotatable bonds is 15. The molecule has 0 fully saturated rings. The van der Waals surface area contributed by atoms with Crippen molar-refractivity contribution >= 4 is 47.3 Å². The van der Waals surface area contributed by atoms with Crippen molar-refractivity contribution in [2.24, 2.45) is 11.5 Å². The van der Waals surface area contributed by atoms with Crippen LogP contribution in [0.4, 0.5) is 0 Å². The summed E-state index contributed by atoms with van der Waals surface area (Å²) in [5.74, 6) is -6.35. The molecular weight excluding hydrogens is 438 g/mol. The molecular formula is C16H27N5O9S. The number of carboxylic acids is 2. The topological polar surface area (TPSA) is 251 Å². The third kappa shape index (κ3) is 11.2. The highest BCUT2D eigenvalue weighted by Crippen LogP contribution is 2.04. The number of aliphatic carboxylic acids is 2. The minimum Gasteiger partial charge on any atom is -0.481 e. The van der Waals surface area contributed by atoms with E-state index >= 15 is 0 Å². The Labute approximate surface area is 181 Å². The van der Waals surface area contributed by atoms with Gasteiger partial charge in [-0.2, -0.15) is 11.8 Å². The summed E-state index contributed by atoms with van der Waals surface area (Å²) >= 11 is 1.34. The predicted octanol–water partition coefficient (Wildman–Crippen LogP) is -4.05. The molecule has 0 aliphatic rings. The summed E-state index contributed by atoms with van der Waals surface area (Å²) in [7, 11) is 0. The number of nitrogens with two attached hydrogens (primary N) is 2. The average Bonchev–Trinajstić information content (AvgIpc) is 2.66. The normalized spacial score (nSPS) is 14.4. The third-order valence-corrected chi connectivity index (χ3v) is 4.45. The molecule has 176 valence electrons. The van der Waals surface area contributed by atoms with Crippen LogP contribution in [0, 0.1) is 0 Å². The van der Waals surface area contributed by atoms with Crippen LogP contribution in [0.1, 0.15) is 19.3 Å². The molecule has 31 heavy (non-hydrogen) atoms. The van der Waals surface area contributed by atoms with Gasteiger partial charge in [-0.25, -0.2) is 4.79 Å². The van der Waals surface area contributed by atoms with Gasteiger partial charge in [0.15, 0.2) is 0 Å². The van der Waals surface area contributed by atoms with Gasteiger partial charge in [-0.15, -0.1) is 0 Å². The van der Waals surface area contributed by atoms with Crippen LogP contribution in [0.15, 0.2) is 0 Å². The molecule has 0 saturated carbocycles. The molecule has 0 saturated heterocycles. The number of hydrogen-bond donors (Lipinski definition) is 8. The fourth-order valence-corrected chi connectivity index (χ4v) is 2.68. The second kappa shape index (κ2) is 14.2. The number of aliphatic hydroxyl groups excluding tert-OH is 1. The maximum atomic E-state index is 12.6. The van der Waals surface area contributed by atoms with Gasteiger partial charge in [0.1, 0.15) is 18.1 Å². The highest BCUT2D eigenvalue weighted by atomic mass is 32.2. The molecule has 4 unspecified atom stereocenters. The Hall–Kier alpha value is -2.91. The zero-order valence-corrected chi connectivity index (χ0v) is 17.5. The summed E-state index contributed by atoms with van der Waals surface area (Å²) < 4.78 is 0. The Morgan fingerprint density at radius 1 is 0.871 bits per heavy atom. The van der Waals surface area contributed by atoms with E-state index in [9.17, 15) is 28.8 Å². The van der Waals surface area contributed by atoms with Crippen molar-refractivity contribution in [2.75, 3.05) is 18.6 Å². The van der Waals surface area contributed by atoms with Crippen LogP contribution in [-0.2, 0) is 28.8 Å². The predicted molar refractivity (Wildman–Crippen MR) is 108 cm³/mol. The Kier molecular flexibility index (Phi) is 12.8. The summed E-state index contributed by atoms with van der Waals surface area (Å²) in [6, 6.07) is -5.91. The summed E-state index contributed by atoms with van der Waals surface area (Å²) in [6.07, 6.45) is 0.458. The maximum absolute atomic E-state index is 12.6. The van der Waals surface area contributed by atoms with Gasteiger partial charge in [0, 0.05) is 0 Å². The molecule has 0 aromatic carbocycles. The average molecular weight is 465 g/mol. The Morgan fingerprint density at radius 2 is 1.39 bits per heavy atom. The highest BCUT2D eigenvalue weighted by molar-refractivity contribution is 7.98. The van der Waals surface area contributed by atoms with Gasteiger partial charge in [0.05, 0.1) is 25.5 Å². The Balaban J connectivity index is 5.40. The van der Waals surface area contributed by atoms with Crippen molar-refractivity contribution < 1.29 is 44.1 Å². The van der Waals surface area contributed by atoms with E-state index in [0.717, 1.165) is 0 Å². The number of thioether (sulfide) groups is 1. The first-order chi connectivity index (χ1) is 14.4. The van der Waals surface area contributed by atoms with Gasteiger partial charge < -0.3 is 42.7 Å². The van der Waals surface area contributed by atoms with E-state index in [1.807, 2.05) is 5.32 Å². The Bertz CT molecular complexity index is 690. The minimum absolute atomic E-state index is 0.0812. The van der Waals surface area contributed by atoms with E-state index in [-0.39, 0.29) is 6.42 Å². The van der Waals surface area contributed by atoms with Gasteiger partial charge in [-0.1, -0.05) is 0 Å². The first kappa shape index (κ1) is 28.1. The molecule has 0 aromatic rings. The maximum Gasteiger partial charge on any atom is 0.328 e. The molecule has 0 rings (SSSR count). The van der Waals surface area contributed by atoms with Crippen LogP contribution < -0.4 is 27.4 Å². The van der Waals surface area contributed by atoms with E-state index in [1.165, 1.54) is 11.8 Å². The van der Waals surface area contributed by atoms with Crippen molar-refractivity contribution in [3.8, 4) is 0 Å². The fraction of sp³-hybridized carbons (Fsp3) is 0.625. The summed E-state index contributed by atoms with van der Waals surface area (Å²) in [5, 5.41) is 33.1. The van der Waals surface area contributed by atoms with Crippen molar-refractivity contribution in [3.05, 3.63) is 0 Å². The molecule has 4 amide bonds. The van der Waals surface area contributed by atoms with E-state index in [1.54, 1.807) is 6.26 Å². The number of carbonyl (C=O) groups is 6. The molecule has 0 radical (unpaired) electrons. The molecule has 0 aliphatic heterocycles. The minimum atomic E-state index is -1.68. The highest BCUT2D eigenvalue weighted by Gasteiger charge is 2.31. The monoisotopic (exact) mass is 465 g/mol. The number of nitrogens with one attached hydrogen (secondary N) is 3.